The molecule has 1 aromatic carbocycles. The summed E-state index contributed by atoms with van der Waals surface area (Å²) in [6.45, 7) is 2.31. The Morgan fingerprint density at radius 2 is 1.76 bits per heavy atom. The summed E-state index contributed by atoms with van der Waals surface area (Å²) >= 11 is 0. The first-order chi connectivity index (χ1) is 13.6. The average Bonchev–Trinajstić information content (AvgIpc) is 3.17. The molecule has 0 saturated carbocycles. The monoisotopic (exact) mass is 409 g/mol. The van der Waals surface area contributed by atoms with Crippen molar-refractivity contribution >= 4 is 11.8 Å². The molecule has 0 aliphatic carbocycles. The van der Waals surface area contributed by atoms with E-state index in [0.29, 0.717) is 32.7 Å². The maximum absolute atomic E-state index is 12.9. The third-order valence-electron chi connectivity index (χ3n) is 4.81. The lowest BCUT2D eigenvalue weighted by molar-refractivity contribution is -0.137. The number of halogens is 3. The molecule has 2 amide bonds. The number of likely N-dealkylation sites (N-methyl/N-ethyl adjacent to an activating group) is 1. The molecule has 6 nitrogen and oxygen atoms in total. The third-order valence-corrected chi connectivity index (χ3v) is 4.81. The number of carbonyl (C=O) groups excluding carboxylic acids is 2. The zero-order chi connectivity index (χ0) is 21.2. The normalized spacial score (nSPS) is 15.4. The van der Waals surface area contributed by atoms with E-state index in [9.17, 15) is 22.8 Å². The average molecular weight is 409 g/mol. The van der Waals surface area contributed by atoms with Crippen LogP contribution >= 0.6 is 0 Å². The van der Waals surface area contributed by atoms with E-state index in [1.807, 2.05) is 4.90 Å². The fraction of sp³-hybridized carbons (Fsp3) is 0.400. The van der Waals surface area contributed by atoms with Gasteiger partial charge in [-0.2, -0.15) is 13.2 Å². The van der Waals surface area contributed by atoms with Gasteiger partial charge in [0.15, 0.2) is 5.76 Å². The number of rotatable bonds is 4. The van der Waals surface area contributed by atoms with Crippen LogP contribution in [0.4, 0.5) is 13.2 Å². The van der Waals surface area contributed by atoms with Gasteiger partial charge in [-0.15, -0.1) is 0 Å². The Morgan fingerprint density at radius 1 is 1.07 bits per heavy atom. The number of benzene rings is 1. The first-order valence-electron chi connectivity index (χ1n) is 9.14. The molecule has 0 atom stereocenters. The highest BCUT2D eigenvalue weighted by Crippen LogP contribution is 2.32. The molecule has 0 bridgehead atoms. The van der Waals surface area contributed by atoms with Crippen LogP contribution in [0, 0.1) is 0 Å². The number of alkyl halides is 3. The third kappa shape index (κ3) is 4.97. The van der Waals surface area contributed by atoms with Crippen molar-refractivity contribution < 1.29 is 27.2 Å². The van der Waals surface area contributed by atoms with Crippen molar-refractivity contribution in [3.05, 3.63) is 47.7 Å². The molecule has 0 radical (unpaired) electrons. The summed E-state index contributed by atoms with van der Waals surface area (Å²) in [5.41, 5.74) is -0.520. The summed E-state index contributed by atoms with van der Waals surface area (Å²) in [6, 6.07) is 7.75. The number of furan rings is 1. The van der Waals surface area contributed by atoms with Crippen LogP contribution in [0.3, 0.4) is 0 Å². The molecule has 1 fully saturated rings. The minimum atomic E-state index is -4.45. The molecule has 156 valence electrons. The zero-order valence-corrected chi connectivity index (χ0v) is 16.2. The van der Waals surface area contributed by atoms with Crippen molar-refractivity contribution in [2.24, 2.45) is 0 Å². The van der Waals surface area contributed by atoms with Crippen molar-refractivity contribution in [3.8, 4) is 11.3 Å². The minimum Gasteiger partial charge on any atom is -0.451 e. The molecule has 29 heavy (non-hydrogen) atoms. The predicted octanol–water partition coefficient (Wildman–Crippen LogP) is 2.81. The second kappa shape index (κ2) is 8.28. The fourth-order valence-corrected chi connectivity index (χ4v) is 3.05. The molecule has 2 heterocycles. The highest BCUT2D eigenvalue weighted by molar-refractivity contribution is 5.92. The van der Waals surface area contributed by atoms with Gasteiger partial charge in [-0.3, -0.25) is 14.5 Å². The largest absolute Gasteiger partial charge is 0.451 e. The van der Waals surface area contributed by atoms with E-state index >= 15 is 0 Å². The number of carbonyl (C=O) groups is 2. The van der Waals surface area contributed by atoms with E-state index < -0.39 is 11.7 Å². The summed E-state index contributed by atoms with van der Waals surface area (Å²) < 4.78 is 44.2. The van der Waals surface area contributed by atoms with Gasteiger partial charge in [0.2, 0.25) is 5.91 Å². The van der Waals surface area contributed by atoms with Crippen molar-refractivity contribution in [2.45, 2.75) is 6.18 Å². The van der Waals surface area contributed by atoms with Crippen LogP contribution in [0.25, 0.3) is 11.3 Å². The Bertz CT molecular complexity index is 884. The molecule has 1 saturated heterocycles. The SMILES string of the molecule is CN(C)C(=O)CN1CCN(C(=O)c2ccc(-c3cccc(C(F)(F)F)c3)o2)CC1. The number of piperazine rings is 1. The van der Waals surface area contributed by atoms with Crippen molar-refractivity contribution in [3.63, 3.8) is 0 Å². The van der Waals surface area contributed by atoms with Crippen LogP contribution in [-0.4, -0.2) is 73.3 Å². The Labute approximate surface area is 166 Å². The van der Waals surface area contributed by atoms with E-state index in [1.54, 1.807) is 19.0 Å². The minimum absolute atomic E-state index is 0.00143. The lowest BCUT2D eigenvalue weighted by atomic mass is 10.1. The van der Waals surface area contributed by atoms with Gasteiger partial charge >= 0.3 is 6.18 Å². The summed E-state index contributed by atoms with van der Waals surface area (Å²) in [6.07, 6.45) is -4.45. The summed E-state index contributed by atoms with van der Waals surface area (Å²) in [5.74, 6) is -0.0340. The van der Waals surface area contributed by atoms with Crippen LogP contribution in [0.15, 0.2) is 40.8 Å². The highest BCUT2D eigenvalue weighted by atomic mass is 19.4. The standard InChI is InChI=1S/C20H22F3N3O3/c1-24(2)18(27)13-25-8-10-26(11-9-25)19(28)17-7-6-16(29-17)14-4-3-5-15(12-14)20(21,22)23/h3-7,12H,8-11,13H2,1-2H3. The van der Waals surface area contributed by atoms with E-state index in [0.717, 1.165) is 12.1 Å². The van der Waals surface area contributed by atoms with Gasteiger partial charge in [-0.25, -0.2) is 0 Å². The molecule has 0 spiro atoms. The molecule has 0 N–H and O–H groups in total. The Hall–Kier alpha value is -2.81. The topological polar surface area (TPSA) is 57.0 Å². The molecule has 1 aliphatic heterocycles. The van der Waals surface area contributed by atoms with Crippen LogP contribution < -0.4 is 0 Å². The molecular formula is C20H22F3N3O3. The molecule has 2 aromatic rings. The molecule has 0 unspecified atom stereocenters. The van der Waals surface area contributed by atoms with Gasteiger partial charge in [0.05, 0.1) is 12.1 Å². The van der Waals surface area contributed by atoms with Gasteiger partial charge in [0, 0.05) is 45.8 Å². The maximum atomic E-state index is 12.9. The Morgan fingerprint density at radius 3 is 2.38 bits per heavy atom. The van der Waals surface area contributed by atoms with Gasteiger partial charge in [-0.1, -0.05) is 12.1 Å². The van der Waals surface area contributed by atoms with Crippen LogP contribution in [0.1, 0.15) is 16.1 Å². The summed E-state index contributed by atoms with van der Waals surface area (Å²) in [4.78, 5) is 29.6. The number of nitrogens with zero attached hydrogens (tertiary/aromatic N) is 3. The van der Waals surface area contributed by atoms with E-state index in [2.05, 4.69) is 0 Å². The lowest BCUT2D eigenvalue weighted by Gasteiger charge is -2.34. The highest BCUT2D eigenvalue weighted by Gasteiger charge is 2.31. The molecule has 9 heteroatoms. The second-order valence-corrected chi connectivity index (χ2v) is 7.10. The lowest BCUT2D eigenvalue weighted by Crippen LogP contribution is -2.50. The molecular weight excluding hydrogens is 387 g/mol. The van der Waals surface area contributed by atoms with Gasteiger partial charge in [0.25, 0.3) is 5.91 Å². The molecule has 1 aromatic heterocycles. The van der Waals surface area contributed by atoms with Crippen LogP contribution in [0.2, 0.25) is 0 Å². The first-order valence-corrected chi connectivity index (χ1v) is 9.14. The Kier molecular flexibility index (Phi) is 5.97. The van der Waals surface area contributed by atoms with Gasteiger partial charge in [0.1, 0.15) is 5.76 Å². The predicted molar refractivity (Wildman–Crippen MR) is 100 cm³/mol. The molecule has 1 aliphatic rings. The quantitative estimate of drug-likeness (QED) is 0.779. The fourth-order valence-electron chi connectivity index (χ4n) is 3.05. The van der Waals surface area contributed by atoms with E-state index in [-0.39, 0.29) is 28.9 Å². The number of hydrogen-bond donors (Lipinski definition) is 0. The van der Waals surface area contributed by atoms with E-state index in [4.69, 9.17) is 4.42 Å². The van der Waals surface area contributed by atoms with Gasteiger partial charge in [-0.05, 0) is 24.3 Å². The maximum Gasteiger partial charge on any atom is 0.416 e. The summed E-state index contributed by atoms with van der Waals surface area (Å²) in [5, 5.41) is 0. The molecule has 3 rings (SSSR count). The van der Waals surface area contributed by atoms with Crippen molar-refractivity contribution in [1.82, 2.24) is 14.7 Å². The Balaban J connectivity index is 1.64. The van der Waals surface area contributed by atoms with Gasteiger partial charge < -0.3 is 14.2 Å². The second-order valence-electron chi connectivity index (χ2n) is 7.10. The van der Waals surface area contributed by atoms with E-state index in [1.165, 1.54) is 29.2 Å². The number of hydrogen-bond acceptors (Lipinski definition) is 4. The first kappa shape index (κ1) is 20.9. The van der Waals surface area contributed by atoms with Crippen molar-refractivity contribution in [2.75, 3.05) is 46.8 Å². The summed E-state index contributed by atoms with van der Waals surface area (Å²) in [7, 11) is 3.39. The van der Waals surface area contributed by atoms with Crippen LogP contribution in [-0.2, 0) is 11.0 Å². The van der Waals surface area contributed by atoms with Crippen LogP contribution in [0.5, 0.6) is 0 Å². The van der Waals surface area contributed by atoms with Crippen molar-refractivity contribution in [1.29, 1.82) is 0 Å². The smallest absolute Gasteiger partial charge is 0.416 e. The number of amides is 2. The zero-order valence-electron chi connectivity index (χ0n) is 16.2.